The van der Waals surface area contributed by atoms with E-state index in [9.17, 15) is 13.9 Å². The molecule has 0 aliphatic rings. The fraction of sp³-hybridized carbons (Fsp3) is 0.500. The van der Waals surface area contributed by atoms with Gasteiger partial charge in [-0.15, -0.1) is 0 Å². The average molecular weight is 541 g/mol. The lowest BCUT2D eigenvalue weighted by molar-refractivity contribution is -0.150. The summed E-state index contributed by atoms with van der Waals surface area (Å²) in [5, 5.41) is -2.29. The molecule has 2 rings (SSSR count). The maximum atomic E-state index is 14.4. The topological polar surface area (TPSA) is 97.4 Å². The number of esters is 1. The van der Waals surface area contributed by atoms with E-state index in [4.69, 9.17) is 22.8 Å². The van der Waals surface area contributed by atoms with Crippen molar-refractivity contribution in [2.24, 2.45) is 0 Å². The third-order valence-corrected chi connectivity index (χ3v) is 11.6. The van der Waals surface area contributed by atoms with Crippen LogP contribution < -0.4 is 0 Å². The quantitative estimate of drug-likeness (QED) is 0.157. The number of rotatable bonds is 17. The number of aryl methyl sites for hydroxylation is 2. The summed E-state index contributed by atoms with van der Waals surface area (Å²) in [5.74, 6) is -0.703. The first-order valence-corrected chi connectivity index (χ1v) is 15.5. The number of carbonyl (C=O) groups excluding carboxylic acids is 1. The van der Waals surface area contributed by atoms with Crippen LogP contribution >= 0.6 is 15.2 Å². The summed E-state index contributed by atoms with van der Waals surface area (Å²) in [5.41, 5.74) is 1.79. The molecular formula is C26H38O8P2. The van der Waals surface area contributed by atoms with Gasteiger partial charge in [0.1, 0.15) is 0 Å². The highest BCUT2D eigenvalue weighted by molar-refractivity contribution is 7.74. The molecule has 2 aromatic rings. The van der Waals surface area contributed by atoms with E-state index < -0.39 is 26.2 Å². The predicted octanol–water partition coefficient (Wildman–Crippen LogP) is 6.98. The van der Waals surface area contributed by atoms with Crippen molar-refractivity contribution >= 4 is 21.2 Å². The largest absolute Gasteiger partial charge is 0.433 e. The summed E-state index contributed by atoms with van der Waals surface area (Å²) in [7, 11) is -8.77. The summed E-state index contributed by atoms with van der Waals surface area (Å²) >= 11 is 0. The maximum Gasteiger partial charge on any atom is 0.386 e. The standard InChI is InChI=1S/C26H38O8P2/c1-5-30-35(28,31-6-2)26(36(29,32-7-3)33-8-4,22-21-24-17-13-10-14-18-24)34-25(27)20-19-23-15-11-9-12-16-23/h9-18H,5-8,19-22H2,1-4H3. The lowest BCUT2D eigenvalue weighted by Crippen LogP contribution is -2.39. The van der Waals surface area contributed by atoms with E-state index in [2.05, 4.69) is 0 Å². The Labute approximate surface area is 214 Å². The minimum absolute atomic E-state index is 0.0236. The van der Waals surface area contributed by atoms with E-state index in [1.165, 1.54) is 0 Å². The Kier molecular flexibility index (Phi) is 12.5. The highest BCUT2D eigenvalue weighted by Crippen LogP contribution is 2.79. The minimum atomic E-state index is -4.38. The summed E-state index contributed by atoms with van der Waals surface area (Å²) in [6.07, 6.45) is 0.465. The van der Waals surface area contributed by atoms with Crippen LogP contribution in [0.1, 0.15) is 51.7 Å². The van der Waals surface area contributed by atoms with Crippen molar-refractivity contribution in [2.45, 2.75) is 58.5 Å². The number of hydrogen-bond acceptors (Lipinski definition) is 8. The fourth-order valence-electron chi connectivity index (χ4n) is 3.82. The highest BCUT2D eigenvalue weighted by Gasteiger charge is 2.68. The van der Waals surface area contributed by atoms with Crippen molar-refractivity contribution in [3.63, 3.8) is 0 Å². The fourth-order valence-corrected chi connectivity index (χ4v) is 9.23. The van der Waals surface area contributed by atoms with Crippen LogP contribution in [-0.2, 0) is 49.6 Å². The van der Waals surface area contributed by atoms with E-state index in [0.717, 1.165) is 11.1 Å². The van der Waals surface area contributed by atoms with E-state index >= 15 is 0 Å². The van der Waals surface area contributed by atoms with Crippen LogP contribution in [0.2, 0.25) is 0 Å². The molecule has 0 aromatic heterocycles. The second kappa shape index (κ2) is 14.8. The van der Waals surface area contributed by atoms with Gasteiger partial charge in [-0.05, 0) is 51.7 Å². The van der Waals surface area contributed by atoms with Crippen molar-refractivity contribution in [3.8, 4) is 0 Å². The Morgan fingerprint density at radius 3 is 1.44 bits per heavy atom. The Hall–Kier alpha value is -1.79. The number of ether oxygens (including phenoxy) is 1. The van der Waals surface area contributed by atoms with Gasteiger partial charge in [0.2, 0.25) is 0 Å². The Bertz CT molecular complexity index is 963. The van der Waals surface area contributed by atoms with Gasteiger partial charge in [0, 0.05) is 12.8 Å². The van der Waals surface area contributed by atoms with Crippen LogP contribution in [0.25, 0.3) is 0 Å². The van der Waals surface area contributed by atoms with Gasteiger partial charge >= 0.3 is 26.2 Å². The van der Waals surface area contributed by atoms with Crippen molar-refractivity contribution < 1.29 is 36.8 Å². The molecule has 2 aromatic carbocycles. The SMILES string of the molecule is CCOP(=O)(OCC)C(CCc1ccccc1)(OC(=O)CCc1ccccc1)P(=O)(OCC)OCC. The van der Waals surface area contributed by atoms with Crippen LogP contribution in [0.3, 0.4) is 0 Å². The monoisotopic (exact) mass is 540 g/mol. The summed E-state index contributed by atoms with van der Waals surface area (Å²) in [6, 6.07) is 18.8. The van der Waals surface area contributed by atoms with Crippen LogP contribution in [0.4, 0.5) is 0 Å². The van der Waals surface area contributed by atoms with Gasteiger partial charge in [-0.3, -0.25) is 13.9 Å². The van der Waals surface area contributed by atoms with E-state index in [1.807, 2.05) is 60.7 Å². The molecule has 8 nitrogen and oxygen atoms in total. The Morgan fingerprint density at radius 1 is 0.667 bits per heavy atom. The van der Waals surface area contributed by atoms with Gasteiger partial charge < -0.3 is 22.8 Å². The van der Waals surface area contributed by atoms with Crippen molar-refractivity contribution in [1.29, 1.82) is 0 Å². The normalized spacial score (nSPS) is 12.4. The molecule has 10 heteroatoms. The zero-order valence-electron chi connectivity index (χ0n) is 21.6. The Morgan fingerprint density at radius 2 is 1.06 bits per heavy atom. The first-order valence-electron chi connectivity index (χ1n) is 12.4. The molecule has 0 saturated heterocycles. The Balaban J connectivity index is 2.59. The summed E-state index contributed by atoms with van der Waals surface area (Å²) < 4.78 is 57.4. The van der Waals surface area contributed by atoms with E-state index in [0.29, 0.717) is 6.42 Å². The first kappa shape index (κ1) is 30.4. The second-order valence-corrected chi connectivity index (χ2v) is 12.7. The molecule has 36 heavy (non-hydrogen) atoms. The summed E-state index contributed by atoms with van der Waals surface area (Å²) in [4.78, 5) is 13.3. The van der Waals surface area contributed by atoms with Gasteiger partial charge in [-0.2, -0.15) is 0 Å². The molecule has 0 bridgehead atoms. The average Bonchev–Trinajstić information content (AvgIpc) is 2.87. The summed E-state index contributed by atoms with van der Waals surface area (Å²) in [6.45, 7) is 6.45. The number of benzene rings is 2. The molecule has 0 aliphatic carbocycles. The zero-order valence-corrected chi connectivity index (χ0v) is 23.4. The minimum Gasteiger partial charge on any atom is -0.433 e. The molecule has 0 amide bonds. The molecule has 0 aliphatic heterocycles. The predicted molar refractivity (Wildman–Crippen MR) is 140 cm³/mol. The van der Waals surface area contributed by atoms with Crippen LogP contribution in [0, 0.1) is 0 Å². The van der Waals surface area contributed by atoms with E-state index in [-0.39, 0.29) is 45.7 Å². The van der Waals surface area contributed by atoms with Crippen LogP contribution in [0.5, 0.6) is 0 Å². The van der Waals surface area contributed by atoms with Crippen LogP contribution in [-0.4, -0.2) is 37.5 Å². The van der Waals surface area contributed by atoms with Gasteiger partial charge in [-0.1, -0.05) is 60.7 Å². The van der Waals surface area contributed by atoms with Crippen molar-refractivity contribution in [1.82, 2.24) is 0 Å². The lowest BCUT2D eigenvalue weighted by atomic mass is 10.1. The molecule has 0 saturated carbocycles. The van der Waals surface area contributed by atoms with Gasteiger partial charge in [-0.25, -0.2) is 0 Å². The van der Waals surface area contributed by atoms with Gasteiger partial charge in [0.15, 0.2) is 0 Å². The molecule has 200 valence electrons. The molecule has 0 unspecified atom stereocenters. The molecule has 0 atom stereocenters. The van der Waals surface area contributed by atoms with Crippen LogP contribution in [0.15, 0.2) is 60.7 Å². The molecule has 0 N–H and O–H groups in total. The zero-order chi connectivity index (χ0) is 26.5. The lowest BCUT2D eigenvalue weighted by Gasteiger charge is -2.41. The van der Waals surface area contributed by atoms with E-state index in [1.54, 1.807) is 27.7 Å². The van der Waals surface area contributed by atoms with Crippen molar-refractivity contribution in [3.05, 3.63) is 71.8 Å². The van der Waals surface area contributed by atoms with Gasteiger partial charge in [0.25, 0.3) is 0 Å². The smallest absolute Gasteiger partial charge is 0.386 e. The van der Waals surface area contributed by atoms with Gasteiger partial charge in [0.05, 0.1) is 26.4 Å². The molecule has 0 spiro atoms. The van der Waals surface area contributed by atoms with Crippen molar-refractivity contribution in [2.75, 3.05) is 26.4 Å². The molecule has 0 fully saturated rings. The maximum absolute atomic E-state index is 14.4. The third-order valence-electron chi connectivity index (χ3n) is 5.37. The molecular weight excluding hydrogens is 502 g/mol. The molecule has 0 radical (unpaired) electrons. The number of carbonyl (C=O) groups is 1. The molecule has 0 heterocycles. The number of hydrogen-bond donors (Lipinski definition) is 0. The second-order valence-electron chi connectivity index (χ2n) is 7.85. The third kappa shape index (κ3) is 7.61. The highest BCUT2D eigenvalue weighted by atomic mass is 31.2. The first-order chi connectivity index (χ1) is 17.3.